The zero-order valence-electron chi connectivity index (χ0n) is 7.35. The molecule has 2 heterocycles. The lowest BCUT2D eigenvalue weighted by atomic mass is 10.3. The van der Waals surface area contributed by atoms with Gasteiger partial charge in [-0.15, -0.1) is 11.3 Å². The second-order valence-electron chi connectivity index (χ2n) is 2.70. The van der Waals surface area contributed by atoms with Crippen LogP contribution in [0.3, 0.4) is 0 Å². The highest BCUT2D eigenvalue weighted by atomic mass is 32.1. The maximum absolute atomic E-state index is 12.6. The van der Waals surface area contributed by atoms with Gasteiger partial charge in [-0.3, -0.25) is 4.98 Å². The molecule has 15 heavy (non-hydrogen) atoms. The molecular weight excluding hydrogens is 219 g/mol. The van der Waals surface area contributed by atoms with Crippen LogP contribution >= 0.6 is 11.3 Å². The number of aromatic nitrogens is 2. The second kappa shape index (κ2) is 3.74. The highest BCUT2D eigenvalue weighted by molar-refractivity contribution is 7.16. The van der Waals surface area contributed by atoms with E-state index >= 15 is 0 Å². The normalized spacial score (nSPS) is 10.2. The van der Waals surface area contributed by atoms with Gasteiger partial charge in [-0.25, -0.2) is 14.2 Å². The van der Waals surface area contributed by atoms with Gasteiger partial charge in [0, 0.05) is 0 Å². The van der Waals surface area contributed by atoms with Gasteiger partial charge in [0.2, 0.25) is 0 Å². The molecule has 0 spiro atoms. The number of nitrogens with zero attached hydrogens (tertiary/aromatic N) is 2. The van der Waals surface area contributed by atoms with Crippen LogP contribution in [0.1, 0.15) is 9.67 Å². The van der Waals surface area contributed by atoms with Crippen LogP contribution in [0.5, 0.6) is 0 Å². The van der Waals surface area contributed by atoms with Gasteiger partial charge in [0.15, 0.2) is 0 Å². The van der Waals surface area contributed by atoms with Gasteiger partial charge in [0.05, 0.1) is 18.1 Å². The number of carboxylic acids is 1. The van der Waals surface area contributed by atoms with Crippen molar-refractivity contribution in [3.63, 3.8) is 0 Å². The minimum Gasteiger partial charge on any atom is -0.477 e. The monoisotopic (exact) mass is 224 g/mol. The van der Waals surface area contributed by atoms with Gasteiger partial charge in [-0.1, -0.05) is 0 Å². The van der Waals surface area contributed by atoms with Crippen molar-refractivity contribution in [1.82, 2.24) is 9.97 Å². The van der Waals surface area contributed by atoms with E-state index in [0.717, 1.165) is 17.5 Å². The lowest BCUT2D eigenvalue weighted by Crippen LogP contribution is -1.89. The molecule has 1 N–H and O–H groups in total. The second-order valence-corrected chi connectivity index (χ2v) is 3.73. The number of aromatic carboxylic acids is 1. The first-order chi connectivity index (χ1) is 7.16. The van der Waals surface area contributed by atoms with Gasteiger partial charge in [0.1, 0.15) is 15.7 Å². The average molecular weight is 224 g/mol. The van der Waals surface area contributed by atoms with Gasteiger partial charge in [-0.2, -0.15) is 0 Å². The van der Waals surface area contributed by atoms with Crippen molar-refractivity contribution >= 4 is 17.3 Å². The van der Waals surface area contributed by atoms with Crippen molar-refractivity contribution < 1.29 is 14.3 Å². The molecule has 0 amide bonds. The predicted octanol–water partition coefficient (Wildman–Crippen LogP) is 2.04. The van der Waals surface area contributed by atoms with Crippen LogP contribution in [0.2, 0.25) is 0 Å². The quantitative estimate of drug-likeness (QED) is 0.847. The Morgan fingerprint density at radius 3 is 2.67 bits per heavy atom. The van der Waals surface area contributed by atoms with Crippen molar-refractivity contribution in [2.24, 2.45) is 0 Å². The number of thiazole rings is 1. The molecule has 0 saturated heterocycles. The molecule has 2 rings (SSSR count). The highest BCUT2D eigenvalue weighted by Gasteiger charge is 2.10. The summed E-state index contributed by atoms with van der Waals surface area (Å²) in [4.78, 5) is 18.4. The SMILES string of the molecule is O=C(O)c1cnc(-c2ccc(F)cn2)s1. The summed E-state index contributed by atoms with van der Waals surface area (Å²) in [5, 5.41) is 9.14. The zero-order valence-corrected chi connectivity index (χ0v) is 8.16. The van der Waals surface area contributed by atoms with Gasteiger partial charge in [0.25, 0.3) is 0 Å². The van der Waals surface area contributed by atoms with Gasteiger partial charge >= 0.3 is 5.97 Å². The van der Waals surface area contributed by atoms with Crippen LogP contribution in [0, 0.1) is 5.82 Å². The Bertz CT molecular complexity index is 495. The van der Waals surface area contributed by atoms with Crippen LogP contribution < -0.4 is 0 Å². The Hall–Kier alpha value is -1.82. The molecule has 76 valence electrons. The molecule has 0 aliphatic heterocycles. The minimum absolute atomic E-state index is 0.135. The average Bonchev–Trinajstić information content (AvgIpc) is 2.68. The van der Waals surface area contributed by atoms with Crippen LogP contribution in [0.15, 0.2) is 24.5 Å². The summed E-state index contributed by atoms with van der Waals surface area (Å²) in [5.74, 6) is -1.46. The summed E-state index contributed by atoms with van der Waals surface area (Å²) < 4.78 is 12.6. The number of rotatable bonds is 2. The molecule has 0 bridgehead atoms. The maximum Gasteiger partial charge on any atom is 0.347 e. The van der Waals surface area contributed by atoms with E-state index in [1.165, 1.54) is 18.3 Å². The summed E-state index contributed by atoms with van der Waals surface area (Å²) in [7, 11) is 0. The fraction of sp³-hybridized carbons (Fsp3) is 0. The number of hydrogen-bond donors (Lipinski definition) is 1. The molecular formula is C9H5FN2O2S. The van der Waals surface area contributed by atoms with Crippen molar-refractivity contribution in [3.05, 3.63) is 35.2 Å². The molecule has 2 aromatic rings. The van der Waals surface area contributed by atoms with Crippen LogP contribution in [-0.2, 0) is 0 Å². The van der Waals surface area contributed by atoms with Crippen molar-refractivity contribution in [2.75, 3.05) is 0 Å². The van der Waals surface area contributed by atoms with Crippen LogP contribution in [0.4, 0.5) is 4.39 Å². The predicted molar refractivity (Wildman–Crippen MR) is 52.3 cm³/mol. The molecule has 0 saturated carbocycles. The van der Waals surface area contributed by atoms with E-state index < -0.39 is 11.8 Å². The molecule has 6 heteroatoms. The molecule has 0 aliphatic carbocycles. The first kappa shape index (κ1) is 9.72. The van der Waals surface area contributed by atoms with E-state index in [0.29, 0.717) is 10.7 Å². The first-order valence-corrected chi connectivity index (χ1v) is 4.79. The topological polar surface area (TPSA) is 63.1 Å². The molecule has 0 atom stereocenters. The van der Waals surface area contributed by atoms with Gasteiger partial charge < -0.3 is 5.11 Å². The molecule has 2 aromatic heterocycles. The Morgan fingerprint density at radius 2 is 2.13 bits per heavy atom. The van der Waals surface area contributed by atoms with E-state index in [1.807, 2.05) is 0 Å². The number of halogens is 1. The number of hydrogen-bond acceptors (Lipinski definition) is 4. The number of carboxylic acid groups (broad SMARTS) is 1. The summed E-state index contributed by atoms with van der Waals surface area (Å²) in [5.41, 5.74) is 0.467. The number of pyridine rings is 1. The number of carbonyl (C=O) groups is 1. The third-order valence-corrected chi connectivity index (χ3v) is 2.67. The van der Waals surface area contributed by atoms with E-state index in [4.69, 9.17) is 5.11 Å². The molecule has 0 aliphatic rings. The zero-order chi connectivity index (χ0) is 10.8. The summed E-state index contributed by atoms with van der Waals surface area (Å²) in [6.07, 6.45) is 2.32. The summed E-state index contributed by atoms with van der Waals surface area (Å²) >= 11 is 1.00. The standard InChI is InChI=1S/C9H5FN2O2S/c10-5-1-2-6(11-3-5)8-12-4-7(15-8)9(13)14/h1-4H,(H,13,14). The van der Waals surface area contributed by atoms with Gasteiger partial charge in [-0.05, 0) is 12.1 Å². The van der Waals surface area contributed by atoms with Crippen molar-refractivity contribution in [1.29, 1.82) is 0 Å². The molecule has 0 unspecified atom stereocenters. The van der Waals surface area contributed by atoms with Crippen LogP contribution in [-0.4, -0.2) is 21.0 Å². The Kier molecular flexibility index (Phi) is 2.42. The Morgan fingerprint density at radius 1 is 1.33 bits per heavy atom. The Balaban J connectivity index is 2.37. The van der Waals surface area contributed by atoms with E-state index in [1.54, 1.807) is 0 Å². The fourth-order valence-corrected chi connectivity index (χ4v) is 1.73. The lowest BCUT2D eigenvalue weighted by Gasteiger charge is -1.93. The lowest BCUT2D eigenvalue weighted by molar-refractivity contribution is 0.0702. The van der Waals surface area contributed by atoms with E-state index in [-0.39, 0.29) is 4.88 Å². The minimum atomic E-state index is -1.03. The molecule has 0 fully saturated rings. The summed E-state index contributed by atoms with van der Waals surface area (Å²) in [6, 6.07) is 2.71. The van der Waals surface area contributed by atoms with Crippen molar-refractivity contribution in [2.45, 2.75) is 0 Å². The van der Waals surface area contributed by atoms with Crippen LogP contribution in [0.25, 0.3) is 10.7 Å². The van der Waals surface area contributed by atoms with E-state index in [2.05, 4.69) is 9.97 Å². The maximum atomic E-state index is 12.6. The highest BCUT2D eigenvalue weighted by Crippen LogP contribution is 2.23. The molecule has 0 aromatic carbocycles. The smallest absolute Gasteiger partial charge is 0.347 e. The van der Waals surface area contributed by atoms with Crippen molar-refractivity contribution in [3.8, 4) is 10.7 Å². The molecule has 4 nitrogen and oxygen atoms in total. The first-order valence-electron chi connectivity index (χ1n) is 3.98. The third kappa shape index (κ3) is 1.99. The summed E-state index contributed by atoms with van der Waals surface area (Å²) in [6.45, 7) is 0. The largest absolute Gasteiger partial charge is 0.477 e. The van der Waals surface area contributed by atoms with E-state index in [9.17, 15) is 9.18 Å². The fourth-order valence-electron chi connectivity index (χ4n) is 0.994. The third-order valence-electron chi connectivity index (χ3n) is 1.66. The molecule has 0 radical (unpaired) electrons. The Labute approximate surface area is 88.1 Å².